The highest BCUT2D eigenvalue weighted by Gasteiger charge is 2.38. The van der Waals surface area contributed by atoms with Crippen molar-refractivity contribution in [1.29, 1.82) is 0 Å². The van der Waals surface area contributed by atoms with Crippen molar-refractivity contribution >= 4 is 29.4 Å². The van der Waals surface area contributed by atoms with Gasteiger partial charge in [-0.3, -0.25) is 19.5 Å². The smallest absolute Gasteiger partial charge is 0.273 e. The van der Waals surface area contributed by atoms with Gasteiger partial charge in [-0.2, -0.15) is 5.10 Å². The summed E-state index contributed by atoms with van der Waals surface area (Å²) in [4.78, 5) is 47.6. The van der Waals surface area contributed by atoms with Gasteiger partial charge in [0.25, 0.3) is 11.8 Å². The number of nitrogens with zero attached hydrogens (tertiary/aromatic N) is 4. The minimum absolute atomic E-state index is 0.111. The third-order valence-corrected chi connectivity index (χ3v) is 6.98. The molecule has 2 aromatic heterocycles. The van der Waals surface area contributed by atoms with Crippen LogP contribution >= 0.6 is 0 Å². The van der Waals surface area contributed by atoms with Crippen LogP contribution in [0.2, 0.25) is 0 Å². The number of piperidine rings is 1. The molecule has 1 aliphatic carbocycles. The minimum atomic E-state index is -0.375. The van der Waals surface area contributed by atoms with Crippen LogP contribution in [0.5, 0.6) is 0 Å². The molecule has 0 saturated carbocycles. The second-order valence-corrected chi connectivity index (χ2v) is 9.99. The van der Waals surface area contributed by atoms with Gasteiger partial charge in [-0.15, -0.1) is 0 Å². The average molecular weight is 489 g/mol. The lowest BCUT2D eigenvalue weighted by Crippen LogP contribution is -2.41. The van der Waals surface area contributed by atoms with Crippen molar-refractivity contribution in [3.8, 4) is 11.4 Å². The monoisotopic (exact) mass is 488 g/mol. The number of anilines is 2. The molecule has 5 rings (SSSR count). The molecule has 1 saturated heterocycles. The number of H-pyrrole nitrogens is 1. The first-order valence-corrected chi connectivity index (χ1v) is 11.8. The van der Waals surface area contributed by atoms with E-state index in [0.717, 1.165) is 11.1 Å². The Balaban J connectivity index is 1.31. The Kier molecular flexibility index (Phi) is 5.70. The quantitative estimate of drug-likeness (QED) is 0.434. The number of aromatic nitrogens is 4. The molecule has 0 bridgehead atoms. The molecular formula is C25H28N8O3. The molecule has 0 spiro atoms. The normalized spacial score (nSPS) is 16.7. The van der Waals surface area contributed by atoms with Crippen LogP contribution in [0.25, 0.3) is 11.4 Å². The zero-order chi connectivity index (χ0) is 25.6. The van der Waals surface area contributed by atoms with Crippen molar-refractivity contribution in [1.82, 2.24) is 25.1 Å². The van der Waals surface area contributed by atoms with E-state index in [2.05, 4.69) is 25.5 Å². The van der Waals surface area contributed by atoms with Crippen LogP contribution in [0.15, 0.2) is 30.5 Å². The average Bonchev–Trinajstić information content (AvgIpc) is 3.32. The summed E-state index contributed by atoms with van der Waals surface area (Å²) < 4.78 is 0. The summed E-state index contributed by atoms with van der Waals surface area (Å²) in [5.74, 6) is -0.788. The molecule has 0 radical (unpaired) electrons. The lowest BCUT2D eigenvalue weighted by Gasteiger charge is -2.31. The van der Waals surface area contributed by atoms with E-state index in [9.17, 15) is 14.4 Å². The third kappa shape index (κ3) is 4.16. The maximum absolute atomic E-state index is 13.2. The minimum Gasteiger partial charge on any atom is -0.369 e. The zero-order valence-corrected chi connectivity index (χ0v) is 20.2. The molecule has 1 fully saturated rings. The fourth-order valence-electron chi connectivity index (χ4n) is 5.10. The van der Waals surface area contributed by atoms with Crippen LogP contribution in [0.4, 0.5) is 11.6 Å². The van der Waals surface area contributed by atoms with Crippen LogP contribution in [0.3, 0.4) is 0 Å². The Morgan fingerprint density at radius 3 is 2.47 bits per heavy atom. The Labute approximate surface area is 207 Å². The van der Waals surface area contributed by atoms with Crippen LogP contribution in [0.1, 0.15) is 58.7 Å². The fourth-order valence-corrected chi connectivity index (χ4v) is 5.10. The number of rotatable bonds is 4. The van der Waals surface area contributed by atoms with E-state index in [-0.39, 0.29) is 35.0 Å². The van der Waals surface area contributed by atoms with Gasteiger partial charge in [0.05, 0.1) is 5.69 Å². The molecule has 0 unspecified atom stereocenters. The van der Waals surface area contributed by atoms with Crippen molar-refractivity contribution in [2.45, 2.75) is 38.5 Å². The molecule has 3 heterocycles. The number of benzene rings is 1. The Morgan fingerprint density at radius 1 is 1.11 bits per heavy atom. The van der Waals surface area contributed by atoms with E-state index in [4.69, 9.17) is 11.5 Å². The summed E-state index contributed by atoms with van der Waals surface area (Å²) in [7, 11) is 0. The number of hydrogen-bond donors (Lipinski definition) is 4. The molecule has 186 valence electrons. The second-order valence-electron chi connectivity index (χ2n) is 9.99. The van der Waals surface area contributed by atoms with Crippen molar-refractivity contribution < 1.29 is 14.4 Å². The van der Waals surface area contributed by atoms with Gasteiger partial charge in [-0.1, -0.05) is 13.8 Å². The molecule has 36 heavy (non-hydrogen) atoms. The Hall–Kier alpha value is -4.28. The first-order valence-electron chi connectivity index (χ1n) is 11.8. The number of aromatic amines is 1. The molecule has 3 aromatic rings. The maximum atomic E-state index is 13.2. The van der Waals surface area contributed by atoms with E-state index in [1.54, 1.807) is 35.4 Å². The number of carbonyl (C=O) groups is 3. The Morgan fingerprint density at radius 2 is 1.81 bits per heavy atom. The lowest BCUT2D eigenvalue weighted by molar-refractivity contribution is -0.123. The molecule has 1 aliphatic heterocycles. The molecular weight excluding hydrogens is 460 g/mol. The van der Waals surface area contributed by atoms with Crippen LogP contribution in [0, 0.1) is 5.92 Å². The molecule has 11 heteroatoms. The summed E-state index contributed by atoms with van der Waals surface area (Å²) >= 11 is 0. The summed E-state index contributed by atoms with van der Waals surface area (Å²) in [6.07, 6.45) is 3.49. The number of hydrogen-bond acceptors (Lipinski definition) is 7. The van der Waals surface area contributed by atoms with Gasteiger partial charge in [-0.25, -0.2) is 9.97 Å². The highest BCUT2D eigenvalue weighted by molar-refractivity contribution is 6.05. The van der Waals surface area contributed by atoms with Gasteiger partial charge in [0.1, 0.15) is 11.4 Å². The van der Waals surface area contributed by atoms with Gasteiger partial charge < -0.3 is 21.7 Å². The van der Waals surface area contributed by atoms with E-state index in [1.165, 1.54) is 0 Å². The topological polar surface area (TPSA) is 173 Å². The first-order chi connectivity index (χ1) is 17.1. The summed E-state index contributed by atoms with van der Waals surface area (Å²) in [5, 5.41) is 10.2. The van der Waals surface area contributed by atoms with Gasteiger partial charge in [0.15, 0.2) is 0 Å². The highest BCUT2D eigenvalue weighted by Crippen LogP contribution is 2.42. The third-order valence-electron chi connectivity index (χ3n) is 6.98. The largest absolute Gasteiger partial charge is 0.369 e. The van der Waals surface area contributed by atoms with Crippen LogP contribution < -0.4 is 16.8 Å². The van der Waals surface area contributed by atoms with Gasteiger partial charge >= 0.3 is 0 Å². The van der Waals surface area contributed by atoms with Crippen LogP contribution in [-0.2, 0) is 16.6 Å². The van der Waals surface area contributed by atoms with E-state index >= 15 is 0 Å². The number of primary amides is 1. The van der Waals surface area contributed by atoms with Crippen molar-refractivity contribution in [3.05, 3.63) is 52.8 Å². The van der Waals surface area contributed by atoms with Crippen LogP contribution in [-0.4, -0.2) is 55.9 Å². The molecule has 11 nitrogen and oxygen atoms in total. The number of carbonyl (C=O) groups excluding carboxylic acids is 3. The van der Waals surface area contributed by atoms with E-state index < -0.39 is 0 Å². The molecule has 2 aliphatic rings. The first kappa shape index (κ1) is 23.5. The zero-order valence-electron chi connectivity index (χ0n) is 20.2. The molecule has 3 amide bonds. The number of nitrogens with two attached hydrogens (primary N) is 2. The van der Waals surface area contributed by atoms with Gasteiger partial charge in [0, 0.05) is 42.0 Å². The SMILES string of the molecule is CC1(C)Cc2cnc(N)nc2-c2n[nH]c(C(=O)Nc3ccc(C(=O)N4CCC(C(N)=O)CC4)cc3)c21. The number of amides is 3. The summed E-state index contributed by atoms with van der Waals surface area (Å²) in [5.41, 5.74) is 15.1. The highest BCUT2D eigenvalue weighted by atomic mass is 16.2. The second kappa shape index (κ2) is 8.74. The predicted octanol–water partition coefficient (Wildman–Crippen LogP) is 1.87. The number of nitrogen functional groups attached to an aromatic ring is 1. The lowest BCUT2D eigenvalue weighted by atomic mass is 9.73. The van der Waals surface area contributed by atoms with Crippen molar-refractivity contribution in [2.75, 3.05) is 24.1 Å². The summed E-state index contributed by atoms with van der Waals surface area (Å²) in [6.45, 7) is 5.07. The van der Waals surface area contributed by atoms with Gasteiger partial charge in [-0.05, 0) is 54.5 Å². The fraction of sp³-hybridized carbons (Fsp3) is 0.360. The number of likely N-dealkylation sites (tertiary alicyclic amines) is 1. The number of nitrogens with one attached hydrogen (secondary N) is 2. The van der Waals surface area contributed by atoms with E-state index in [0.29, 0.717) is 60.7 Å². The van der Waals surface area contributed by atoms with Crippen molar-refractivity contribution in [2.24, 2.45) is 11.7 Å². The maximum Gasteiger partial charge on any atom is 0.273 e. The molecule has 1 aromatic carbocycles. The summed E-state index contributed by atoms with van der Waals surface area (Å²) in [6, 6.07) is 6.75. The van der Waals surface area contributed by atoms with E-state index in [1.807, 2.05) is 13.8 Å². The predicted molar refractivity (Wildman–Crippen MR) is 133 cm³/mol. The van der Waals surface area contributed by atoms with Crippen molar-refractivity contribution in [3.63, 3.8) is 0 Å². The molecule has 6 N–H and O–H groups in total. The number of fused-ring (bicyclic) bond motifs is 3. The Bertz CT molecular complexity index is 1350. The standard InChI is InChI=1S/C25H28N8O3/c1-25(2)11-15-12-28-24(27)30-18(15)19-17(25)20(32-31-19)22(35)29-16-5-3-14(4-6-16)23(36)33-9-7-13(8-10-33)21(26)34/h3-6,12-13H,7-11H2,1-2H3,(H2,26,34)(H,29,35)(H,31,32)(H2,27,28,30). The molecule has 0 atom stereocenters. The van der Waals surface area contributed by atoms with Gasteiger partial charge in [0.2, 0.25) is 11.9 Å².